The minimum absolute atomic E-state index is 0.0519. The molecule has 4 rings (SSSR count). The first-order valence-electron chi connectivity index (χ1n) is 11.2. The summed E-state index contributed by atoms with van der Waals surface area (Å²) < 4.78 is 7.35. The van der Waals surface area contributed by atoms with Crippen molar-refractivity contribution in [3.8, 4) is 0 Å². The van der Waals surface area contributed by atoms with Gasteiger partial charge in [0.1, 0.15) is 6.04 Å². The number of aromatic carboxylic acids is 1. The maximum atomic E-state index is 12.3. The van der Waals surface area contributed by atoms with Crippen molar-refractivity contribution in [2.75, 3.05) is 45.9 Å². The van der Waals surface area contributed by atoms with E-state index in [0.29, 0.717) is 43.7 Å². The van der Waals surface area contributed by atoms with Crippen molar-refractivity contribution in [2.24, 2.45) is 7.05 Å². The van der Waals surface area contributed by atoms with Gasteiger partial charge < -0.3 is 24.8 Å². The van der Waals surface area contributed by atoms with Gasteiger partial charge in [0.05, 0.1) is 18.2 Å². The van der Waals surface area contributed by atoms with Crippen LogP contribution in [-0.4, -0.2) is 94.4 Å². The van der Waals surface area contributed by atoms with Crippen LogP contribution in [-0.2, 0) is 21.4 Å². The molecule has 1 aromatic carbocycles. The number of aromatic nitrogens is 1. The molecule has 33 heavy (non-hydrogen) atoms. The number of hydrogen-bond donors (Lipinski definition) is 3. The number of fused-ring (bicyclic) bond motifs is 1. The van der Waals surface area contributed by atoms with Crippen molar-refractivity contribution < 1.29 is 29.3 Å². The summed E-state index contributed by atoms with van der Waals surface area (Å²) in [5, 5.41) is 23.0. The van der Waals surface area contributed by atoms with Gasteiger partial charge in [-0.2, -0.15) is 0 Å². The van der Waals surface area contributed by atoms with Crippen molar-refractivity contribution in [3.63, 3.8) is 0 Å². The minimum atomic E-state index is -1.05. The highest BCUT2D eigenvalue weighted by atomic mass is 16.5. The zero-order chi connectivity index (χ0) is 23.5. The molecular formula is C23H30N4O6. The van der Waals surface area contributed by atoms with E-state index >= 15 is 0 Å². The average molecular weight is 459 g/mol. The Morgan fingerprint density at radius 1 is 1.18 bits per heavy atom. The molecule has 0 aliphatic carbocycles. The van der Waals surface area contributed by atoms with E-state index in [0.717, 1.165) is 25.0 Å². The fourth-order valence-corrected chi connectivity index (χ4v) is 4.73. The van der Waals surface area contributed by atoms with E-state index in [2.05, 4.69) is 5.32 Å². The molecule has 0 bridgehead atoms. The number of benzene rings is 1. The van der Waals surface area contributed by atoms with Crippen LogP contribution in [0.25, 0.3) is 10.9 Å². The smallest absolute Gasteiger partial charge is 0.335 e. The summed E-state index contributed by atoms with van der Waals surface area (Å²) in [5.41, 5.74) is 1.48. The first-order valence-corrected chi connectivity index (χ1v) is 11.2. The molecule has 2 fully saturated rings. The summed E-state index contributed by atoms with van der Waals surface area (Å²) in [6.07, 6.45) is 3.86. The van der Waals surface area contributed by atoms with Crippen LogP contribution >= 0.6 is 0 Å². The molecule has 2 saturated heterocycles. The lowest BCUT2D eigenvalue weighted by atomic mass is 10.0. The highest BCUT2D eigenvalue weighted by molar-refractivity contribution is 5.96. The first kappa shape index (κ1) is 23.2. The number of hydrogen-bond acceptors (Lipinski definition) is 6. The highest BCUT2D eigenvalue weighted by Gasteiger charge is 2.33. The number of piperazine rings is 1. The van der Waals surface area contributed by atoms with Crippen LogP contribution in [0.2, 0.25) is 0 Å². The molecule has 178 valence electrons. The summed E-state index contributed by atoms with van der Waals surface area (Å²) in [5.74, 6) is -2.08. The summed E-state index contributed by atoms with van der Waals surface area (Å²) >= 11 is 0. The Bertz CT molecular complexity index is 1040. The molecule has 3 N–H and O–H groups in total. The van der Waals surface area contributed by atoms with Crippen LogP contribution in [0.4, 0.5) is 0 Å². The van der Waals surface area contributed by atoms with Crippen LogP contribution in [0.5, 0.6) is 0 Å². The van der Waals surface area contributed by atoms with Crippen LogP contribution in [0.1, 0.15) is 34.8 Å². The third-order valence-electron chi connectivity index (χ3n) is 6.49. The number of aliphatic carboxylic acids is 1. The maximum absolute atomic E-state index is 12.3. The van der Waals surface area contributed by atoms with Crippen molar-refractivity contribution in [2.45, 2.75) is 25.0 Å². The third kappa shape index (κ3) is 5.18. The van der Waals surface area contributed by atoms with Gasteiger partial charge >= 0.3 is 11.9 Å². The molecule has 2 aromatic rings. The van der Waals surface area contributed by atoms with Gasteiger partial charge in [-0.05, 0) is 31.0 Å². The fourth-order valence-electron chi connectivity index (χ4n) is 4.73. The van der Waals surface area contributed by atoms with E-state index in [9.17, 15) is 24.6 Å². The molecule has 10 nitrogen and oxygen atoms in total. The number of rotatable bonds is 8. The second-order valence-electron chi connectivity index (χ2n) is 8.72. The predicted octanol–water partition coefficient (Wildman–Crippen LogP) is 0.915. The Hall–Kier alpha value is -2.95. The van der Waals surface area contributed by atoms with Gasteiger partial charge in [-0.1, -0.05) is 0 Å². The fraction of sp³-hybridized carbons (Fsp3) is 0.522. The lowest BCUT2D eigenvalue weighted by Gasteiger charge is -2.37. The lowest BCUT2D eigenvalue weighted by Crippen LogP contribution is -2.51. The zero-order valence-electron chi connectivity index (χ0n) is 18.7. The van der Waals surface area contributed by atoms with E-state index in [1.165, 1.54) is 12.1 Å². The molecule has 2 aliphatic heterocycles. The molecule has 2 atom stereocenters. The second-order valence-corrected chi connectivity index (χ2v) is 8.72. The Balaban J connectivity index is 1.42. The summed E-state index contributed by atoms with van der Waals surface area (Å²) in [7, 11) is 1.82. The third-order valence-corrected chi connectivity index (χ3v) is 6.49. The SMILES string of the molecule is Cn1cc([C@@H](C(=O)O)N2CCN(CC(=O)NC[C@@H]3CCCO3)CC2)c2cc(C(=O)O)ccc21. The summed E-state index contributed by atoms with van der Waals surface area (Å²) in [6.45, 7) is 3.68. The molecule has 3 heterocycles. The number of amides is 1. The van der Waals surface area contributed by atoms with Gasteiger partial charge in [0.15, 0.2) is 0 Å². The molecule has 0 spiro atoms. The van der Waals surface area contributed by atoms with Gasteiger partial charge in [-0.25, -0.2) is 4.79 Å². The van der Waals surface area contributed by atoms with Crippen molar-refractivity contribution in [1.29, 1.82) is 0 Å². The predicted molar refractivity (Wildman–Crippen MR) is 120 cm³/mol. The summed E-state index contributed by atoms with van der Waals surface area (Å²) in [6, 6.07) is 3.87. The van der Waals surface area contributed by atoms with E-state index < -0.39 is 18.0 Å². The van der Waals surface area contributed by atoms with E-state index in [-0.39, 0.29) is 24.1 Å². The molecule has 2 aliphatic rings. The average Bonchev–Trinajstić information content (AvgIpc) is 3.41. The van der Waals surface area contributed by atoms with E-state index in [1.54, 1.807) is 12.3 Å². The van der Waals surface area contributed by atoms with Crippen molar-refractivity contribution >= 4 is 28.7 Å². The van der Waals surface area contributed by atoms with E-state index in [4.69, 9.17) is 4.74 Å². The van der Waals surface area contributed by atoms with E-state index in [1.807, 2.05) is 21.4 Å². The molecule has 0 unspecified atom stereocenters. The van der Waals surface area contributed by atoms with Crippen LogP contribution < -0.4 is 5.32 Å². The minimum Gasteiger partial charge on any atom is -0.480 e. The van der Waals surface area contributed by atoms with Gasteiger partial charge in [0, 0.05) is 69.0 Å². The van der Waals surface area contributed by atoms with Gasteiger partial charge in [-0.3, -0.25) is 19.4 Å². The second kappa shape index (κ2) is 9.90. The number of aryl methyl sites for hydroxylation is 1. The molecule has 10 heteroatoms. The Morgan fingerprint density at radius 3 is 2.58 bits per heavy atom. The Morgan fingerprint density at radius 2 is 1.94 bits per heavy atom. The molecule has 1 amide bonds. The largest absolute Gasteiger partial charge is 0.480 e. The topological polar surface area (TPSA) is 124 Å². The number of carbonyl (C=O) groups excluding carboxylic acids is 1. The van der Waals surface area contributed by atoms with Crippen molar-refractivity contribution in [3.05, 3.63) is 35.5 Å². The standard InChI is InChI=1S/C23H30N4O6/c1-25-13-18(17-11-15(22(29)30)4-5-19(17)25)21(23(31)32)27-8-6-26(7-9-27)14-20(28)24-12-16-3-2-10-33-16/h4-5,11,13,16,21H,2-3,6-10,12,14H2,1H3,(H,24,28)(H,29,30)(H,31,32)/t16-,21-/m0/s1. The number of carboxylic acids is 2. The number of ether oxygens (including phenoxy) is 1. The number of nitrogens with one attached hydrogen (secondary N) is 1. The van der Waals surface area contributed by atoms with Gasteiger partial charge in [-0.15, -0.1) is 0 Å². The maximum Gasteiger partial charge on any atom is 0.335 e. The Kier molecular flexibility index (Phi) is 6.96. The molecule has 0 radical (unpaired) electrons. The first-order chi connectivity index (χ1) is 15.8. The monoisotopic (exact) mass is 458 g/mol. The highest BCUT2D eigenvalue weighted by Crippen LogP contribution is 2.31. The quantitative estimate of drug-likeness (QED) is 0.533. The normalized spacial score (nSPS) is 20.7. The molecule has 1 aromatic heterocycles. The van der Waals surface area contributed by atoms with Crippen LogP contribution in [0.3, 0.4) is 0 Å². The van der Waals surface area contributed by atoms with Gasteiger partial charge in [0.2, 0.25) is 5.91 Å². The van der Waals surface area contributed by atoms with Crippen LogP contribution in [0.15, 0.2) is 24.4 Å². The molecular weight excluding hydrogens is 428 g/mol. The summed E-state index contributed by atoms with van der Waals surface area (Å²) in [4.78, 5) is 39.9. The van der Waals surface area contributed by atoms with Gasteiger partial charge in [0.25, 0.3) is 0 Å². The molecule has 0 saturated carbocycles. The van der Waals surface area contributed by atoms with Crippen LogP contribution in [0, 0.1) is 0 Å². The zero-order valence-corrected chi connectivity index (χ0v) is 18.7. The number of carbonyl (C=O) groups is 3. The lowest BCUT2D eigenvalue weighted by molar-refractivity contribution is -0.144. The number of nitrogens with zero attached hydrogens (tertiary/aromatic N) is 3. The number of carboxylic acid groups (broad SMARTS) is 2. The Labute approximate surface area is 191 Å². The van der Waals surface area contributed by atoms with Crippen molar-refractivity contribution in [1.82, 2.24) is 19.7 Å².